The Morgan fingerprint density at radius 1 is 1.30 bits per heavy atom. The Balaban J connectivity index is 1.61. The van der Waals surface area contributed by atoms with E-state index in [2.05, 4.69) is 9.97 Å². The number of nitrogens with zero attached hydrogens (tertiary/aromatic N) is 3. The minimum Gasteiger partial charge on any atom is -0.293 e. The number of benzene rings is 1. The summed E-state index contributed by atoms with van der Waals surface area (Å²) in [7, 11) is 0. The van der Waals surface area contributed by atoms with Gasteiger partial charge in [0.05, 0.1) is 10.7 Å². The van der Waals surface area contributed by atoms with Crippen LogP contribution in [0.25, 0.3) is 10.2 Å². The molecule has 0 spiro atoms. The molecule has 1 aliphatic carbocycles. The molecule has 1 aromatic carbocycles. The summed E-state index contributed by atoms with van der Waals surface area (Å²) in [4.78, 5) is 34.8. The molecule has 0 unspecified atom stereocenters. The quantitative estimate of drug-likeness (QED) is 0.204. The van der Waals surface area contributed by atoms with Crippen LogP contribution in [0, 0.1) is 24.0 Å². The van der Waals surface area contributed by atoms with Crippen LogP contribution in [0.3, 0.4) is 0 Å². The van der Waals surface area contributed by atoms with Crippen molar-refractivity contribution >= 4 is 44.8 Å². The van der Waals surface area contributed by atoms with Crippen molar-refractivity contribution in [3.8, 4) is 0 Å². The number of fused-ring (bicyclic) bond motifs is 3. The molecule has 2 aromatic heterocycles. The van der Waals surface area contributed by atoms with Gasteiger partial charge in [-0.3, -0.25) is 14.9 Å². The van der Waals surface area contributed by atoms with E-state index in [0.717, 1.165) is 34.5 Å². The lowest BCUT2D eigenvalue weighted by Gasteiger charge is -2.06. The molecule has 0 saturated carbocycles. The first-order chi connectivity index (χ1) is 12.9. The van der Waals surface area contributed by atoms with Gasteiger partial charge in [0, 0.05) is 27.5 Å². The number of nitro benzene ring substituents is 1. The van der Waals surface area contributed by atoms with E-state index in [9.17, 15) is 14.9 Å². The van der Waals surface area contributed by atoms with Crippen LogP contribution in [0.4, 0.5) is 5.69 Å². The number of thiophene rings is 1. The monoisotopic (exact) mass is 399 g/mol. The maximum absolute atomic E-state index is 12.6. The van der Waals surface area contributed by atoms with Crippen molar-refractivity contribution in [2.24, 2.45) is 0 Å². The van der Waals surface area contributed by atoms with Crippen LogP contribution in [0.1, 0.15) is 38.6 Å². The topological polar surface area (TPSA) is 86.0 Å². The number of aromatic nitrogens is 2. The molecule has 0 fully saturated rings. The zero-order valence-electron chi connectivity index (χ0n) is 14.9. The van der Waals surface area contributed by atoms with E-state index in [1.807, 2.05) is 6.92 Å². The molecule has 138 valence electrons. The average Bonchev–Trinajstić information content (AvgIpc) is 3.19. The number of hydrogen-bond acceptors (Lipinski definition) is 7. The summed E-state index contributed by atoms with van der Waals surface area (Å²) in [5, 5.41) is 13.0. The van der Waals surface area contributed by atoms with Crippen molar-refractivity contribution in [3.63, 3.8) is 0 Å². The zero-order chi connectivity index (χ0) is 19.1. The van der Waals surface area contributed by atoms with E-state index in [0.29, 0.717) is 17.0 Å². The fraction of sp³-hybridized carbons (Fsp3) is 0.316. The van der Waals surface area contributed by atoms with E-state index in [1.165, 1.54) is 28.3 Å². The zero-order valence-corrected chi connectivity index (χ0v) is 16.6. The minimum atomic E-state index is -0.453. The molecule has 1 aliphatic rings. The fourth-order valence-corrected chi connectivity index (χ4v) is 5.73. The third-order valence-electron chi connectivity index (χ3n) is 4.71. The van der Waals surface area contributed by atoms with Gasteiger partial charge in [0.2, 0.25) is 0 Å². The van der Waals surface area contributed by atoms with Gasteiger partial charge in [-0.1, -0.05) is 23.9 Å². The largest absolute Gasteiger partial charge is 0.293 e. The molecule has 0 saturated heterocycles. The number of rotatable bonds is 5. The first-order valence-electron chi connectivity index (χ1n) is 8.64. The molecule has 2 heterocycles. The summed E-state index contributed by atoms with van der Waals surface area (Å²) in [6, 6.07) is 4.63. The van der Waals surface area contributed by atoms with Gasteiger partial charge in [-0.15, -0.1) is 11.3 Å². The number of carbonyl (C=O) groups is 1. The van der Waals surface area contributed by atoms with Gasteiger partial charge >= 0.3 is 0 Å². The number of Topliss-reactive ketones (excluding diaryl/α,β-unsaturated/α-hetero) is 1. The van der Waals surface area contributed by atoms with Crippen LogP contribution in [0.2, 0.25) is 0 Å². The molecule has 0 N–H and O–H groups in total. The van der Waals surface area contributed by atoms with Crippen LogP contribution in [-0.2, 0) is 12.8 Å². The maximum Gasteiger partial charge on any atom is 0.273 e. The van der Waals surface area contributed by atoms with Crippen LogP contribution in [0.15, 0.2) is 23.2 Å². The molecule has 3 aromatic rings. The van der Waals surface area contributed by atoms with Crippen LogP contribution >= 0.6 is 23.1 Å². The highest BCUT2D eigenvalue weighted by Gasteiger charge is 2.23. The minimum absolute atomic E-state index is 0.0261. The fourth-order valence-electron chi connectivity index (χ4n) is 3.37. The van der Waals surface area contributed by atoms with Crippen molar-refractivity contribution in [2.75, 3.05) is 5.75 Å². The predicted molar refractivity (Wildman–Crippen MR) is 107 cm³/mol. The molecule has 8 heteroatoms. The predicted octanol–water partition coefficient (Wildman–Crippen LogP) is 4.68. The van der Waals surface area contributed by atoms with Crippen molar-refractivity contribution in [3.05, 3.63) is 55.7 Å². The van der Waals surface area contributed by atoms with Gasteiger partial charge in [-0.25, -0.2) is 9.97 Å². The van der Waals surface area contributed by atoms with Crippen molar-refractivity contribution in [1.82, 2.24) is 9.97 Å². The molecule has 0 bridgehead atoms. The Morgan fingerprint density at radius 3 is 2.89 bits per heavy atom. The van der Waals surface area contributed by atoms with E-state index in [4.69, 9.17) is 0 Å². The lowest BCUT2D eigenvalue weighted by Crippen LogP contribution is -2.05. The number of carbonyl (C=O) groups excluding carboxylic acids is 1. The standard InChI is InChI=1S/C19H17N3O3S2/c1-10-6-7-12(8-14(10)22(24)25)15(23)9-26-18-17-13-4-3-5-16(13)27-19(17)21-11(2)20-18/h6-8H,3-5,9H2,1-2H3. The Labute approximate surface area is 164 Å². The highest BCUT2D eigenvalue weighted by molar-refractivity contribution is 8.00. The third-order valence-corrected chi connectivity index (χ3v) is 6.87. The van der Waals surface area contributed by atoms with Crippen LogP contribution in [-0.4, -0.2) is 26.4 Å². The van der Waals surface area contributed by atoms with Gasteiger partial charge in [-0.05, 0) is 38.7 Å². The molecule has 6 nitrogen and oxygen atoms in total. The second-order valence-electron chi connectivity index (χ2n) is 6.58. The molecular formula is C19H17N3O3S2. The Bertz CT molecular complexity index is 1090. The molecular weight excluding hydrogens is 382 g/mol. The SMILES string of the molecule is Cc1nc(SCC(=O)c2ccc(C)c([N+](=O)[O-])c2)c2c3c(sc2n1)CCC3. The second kappa shape index (κ2) is 7.01. The highest BCUT2D eigenvalue weighted by atomic mass is 32.2. The molecule has 0 radical (unpaired) electrons. The normalized spacial score (nSPS) is 13.1. The van der Waals surface area contributed by atoms with Crippen LogP contribution < -0.4 is 0 Å². The first kappa shape index (κ1) is 18.1. The number of nitro groups is 1. The van der Waals surface area contributed by atoms with Gasteiger partial charge in [-0.2, -0.15) is 0 Å². The summed E-state index contributed by atoms with van der Waals surface area (Å²) in [5.41, 5.74) is 2.21. The summed E-state index contributed by atoms with van der Waals surface area (Å²) < 4.78 is 0. The second-order valence-corrected chi connectivity index (χ2v) is 8.63. The van der Waals surface area contributed by atoms with Gasteiger partial charge in [0.1, 0.15) is 15.7 Å². The summed E-state index contributed by atoms with van der Waals surface area (Å²) in [6.07, 6.45) is 3.28. The summed E-state index contributed by atoms with van der Waals surface area (Å²) in [5.74, 6) is 0.749. The Hall–Kier alpha value is -2.32. The van der Waals surface area contributed by atoms with Crippen molar-refractivity contribution in [1.29, 1.82) is 0 Å². The molecule has 0 amide bonds. The number of ketones is 1. The molecule has 0 aliphatic heterocycles. The number of thioether (sulfide) groups is 1. The van der Waals surface area contributed by atoms with Gasteiger partial charge in [0.15, 0.2) is 5.78 Å². The summed E-state index contributed by atoms with van der Waals surface area (Å²) in [6.45, 7) is 3.53. The number of aryl methyl sites for hydroxylation is 4. The number of hydrogen-bond donors (Lipinski definition) is 0. The lowest BCUT2D eigenvalue weighted by molar-refractivity contribution is -0.385. The van der Waals surface area contributed by atoms with E-state index in [1.54, 1.807) is 30.4 Å². The van der Waals surface area contributed by atoms with Crippen LogP contribution in [0.5, 0.6) is 0 Å². The first-order valence-corrected chi connectivity index (χ1v) is 10.4. The van der Waals surface area contributed by atoms with Crippen molar-refractivity contribution in [2.45, 2.75) is 38.1 Å². The summed E-state index contributed by atoms with van der Waals surface area (Å²) >= 11 is 3.12. The Morgan fingerprint density at radius 2 is 2.11 bits per heavy atom. The molecule has 4 rings (SSSR count). The Kier molecular flexibility index (Phi) is 4.69. The van der Waals surface area contributed by atoms with E-state index >= 15 is 0 Å². The van der Waals surface area contributed by atoms with Gasteiger partial charge in [0.25, 0.3) is 5.69 Å². The average molecular weight is 399 g/mol. The molecule has 27 heavy (non-hydrogen) atoms. The smallest absolute Gasteiger partial charge is 0.273 e. The molecule has 0 atom stereocenters. The van der Waals surface area contributed by atoms with Crippen molar-refractivity contribution < 1.29 is 9.72 Å². The third kappa shape index (κ3) is 3.35. The van der Waals surface area contributed by atoms with Gasteiger partial charge < -0.3 is 0 Å². The van der Waals surface area contributed by atoms with E-state index in [-0.39, 0.29) is 17.2 Å². The highest BCUT2D eigenvalue weighted by Crippen LogP contribution is 2.40. The lowest BCUT2D eigenvalue weighted by atomic mass is 10.1. The van der Waals surface area contributed by atoms with E-state index < -0.39 is 4.92 Å². The maximum atomic E-state index is 12.6.